The lowest BCUT2D eigenvalue weighted by atomic mass is 9.96. The van der Waals surface area contributed by atoms with Crippen molar-refractivity contribution in [1.29, 1.82) is 0 Å². The Morgan fingerprint density at radius 3 is 2.81 bits per heavy atom. The van der Waals surface area contributed by atoms with Gasteiger partial charge < -0.3 is 10.6 Å². The lowest BCUT2D eigenvalue weighted by Crippen LogP contribution is -2.52. The van der Waals surface area contributed by atoms with Gasteiger partial charge in [-0.25, -0.2) is 0 Å². The van der Waals surface area contributed by atoms with Crippen LogP contribution < -0.4 is 11.1 Å². The highest BCUT2D eigenvalue weighted by Gasteiger charge is 2.40. The molecule has 1 unspecified atom stereocenters. The van der Waals surface area contributed by atoms with E-state index >= 15 is 0 Å². The number of nitrogens with one attached hydrogen (secondary N) is 1. The highest BCUT2D eigenvalue weighted by atomic mass is 16.2. The van der Waals surface area contributed by atoms with Crippen molar-refractivity contribution in [1.82, 2.24) is 15.1 Å². The summed E-state index contributed by atoms with van der Waals surface area (Å²) in [5.74, 6) is -0.758. The number of likely N-dealkylation sites (tertiary alicyclic amines) is 1. The number of imide groups is 1. The molecule has 3 amide bonds. The first kappa shape index (κ1) is 18.1. The van der Waals surface area contributed by atoms with Crippen molar-refractivity contribution in [2.24, 2.45) is 5.73 Å². The molecule has 4 rings (SSSR count). The number of nitrogens with zero attached hydrogens (tertiary/aromatic N) is 2. The molecule has 144 valence electrons. The van der Waals surface area contributed by atoms with E-state index < -0.39 is 6.04 Å². The highest BCUT2D eigenvalue weighted by Crippen LogP contribution is 2.31. The molecule has 3 N–H and O–H groups in total. The second kappa shape index (κ2) is 7.05. The first-order chi connectivity index (χ1) is 13.0. The van der Waals surface area contributed by atoms with E-state index in [1.165, 1.54) is 0 Å². The Morgan fingerprint density at radius 2 is 2.04 bits per heavy atom. The van der Waals surface area contributed by atoms with Gasteiger partial charge in [0.1, 0.15) is 6.04 Å². The quantitative estimate of drug-likeness (QED) is 0.766. The number of fused-ring (bicyclic) bond motifs is 1. The van der Waals surface area contributed by atoms with E-state index in [2.05, 4.69) is 23.2 Å². The van der Waals surface area contributed by atoms with Crippen LogP contribution in [-0.4, -0.2) is 52.2 Å². The van der Waals surface area contributed by atoms with E-state index in [0.29, 0.717) is 24.6 Å². The van der Waals surface area contributed by atoms with Crippen LogP contribution in [0.3, 0.4) is 0 Å². The Hall–Kier alpha value is -2.25. The predicted octanol–water partition coefficient (Wildman–Crippen LogP) is 0.759. The van der Waals surface area contributed by atoms with E-state index in [1.54, 1.807) is 4.90 Å². The topological polar surface area (TPSA) is 95.7 Å². The standard InChI is InChI=1S/C20H26N4O3/c1-12-16(21)6-3-9-23(12)10-13-4-2-5-14-15(13)11-24(20(14)27)17-7-8-18(25)22-19(17)26/h2,4-5,12,16-17H,3,6-11,21H2,1H3,(H,22,25,26)/t12-,16+,17?/m0/s1. The molecule has 3 heterocycles. The second-order valence-corrected chi connectivity index (χ2v) is 7.86. The Kier molecular flexibility index (Phi) is 4.74. The summed E-state index contributed by atoms with van der Waals surface area (Å²) in [7, 11) is 0. The van der Waals surface area contributed by atoms with Gasteiger partial charge in [-0.1, -0.05) is 12.1 Å². The SMILES string of the molecule is C[C@H]1[C@H](N)CCCN1Cc1cccc2c1CN(C1CCC(=O)NC1=O)C2=O. The van der Waals surface area contributed by atoms with Gasteiger partial charge in [0.2, 0.25) is 11.8 Å². The number of benzene rings is 1. The molecule has 0 aliphatic carbocycles. The maximum atomic E-state index is 12.9. The van der Waals surface area contributed by atoms with Gasteiger partial charge in [-0.2, -0.15) is 0 Å². The molecule has 7 heteroatoms. The van der Waals surface area contributed by atoms with Crippen molar-refractivity contribution in [3.05, 3.63) is 34.9 Å². The lowest BCUT2D eigenvalue weighted by Gasteiger charge is -2.38. The molecule has 0 bridgehead atoms. The van der Waals surface area contributed by atoms with Crippen molar-refractivity contribution in [3.63, 3.8) is 0 Å². The molecule has 2 fully saturated rings. The van der Waals surface area contributed by atoms with Crippen molar-refractivity contribution >= 4 is 17.7 Å². The minimum atomic E-state index is -0.571. The summed E-state index contributed by atoms with van der Waals surface area (Å²) in [6.07, 6.45) is 2.79. The Balaban J connectivity index is 1.56. The van der Waals surface area contributed by atoms with Crippen LogP contribution in [0.5, 0.6) is 0 Å². The van der Waals surface area contributed by atoms with Crippen molar-refractivity contribution in [2.45, 2.75) is 63.8 Å². The minimum absolute atomic E-state index is 0.121. The van der Waals surface area contributed by atoms with E-state index in [-0.39, 0.29) is 30.2 Å². The van der Waals surface area contributed by atoms with Crippen LogP contribution in [0.25, 0.3) is 0 Å². The third kappa shape index (κ3) is 3.26. The number of piperidine rings is 2. The van der Waals surface area contributed by atoms with Crippen molar-refractivity contribution in [3.8, 4) is 0 Å². The number of carbonyl (C=O) groups excluding carboxylic acids is 3. The fraction of sp³-hybridized carbons (Fsp3) is 0.550. The zero-order chi connectivity index (χ0) is 19.1. The van der Waals surface area contributed by atoms with Gasteiger partial charge >= 0.3 is 0 Å². The van der Waals surface area contributed by atoms with Gasteiger partial charge in [0.05, 0.1) is 0 Å². The highest BCUT2D eigenvalue weighted by molar-refractivity contribution is 6.05. The average Bonchev–Trinajstić information content (AvgIpc) is 2.97. The summed E-state index contributed by atoms with van der Waals surface area (Å²) in [6, 6.07) is 5.72. The fourth-order valence-corrected chi connectivity index (χ4v) is 4.49. The van der Waals surface area contributed by atoms with E-state index in [1.807, 2.05) is 12.1 Å². The largest absolute Gasteiger partial charge is 0.326 e. The summed E-state index contributed by atoms with van der Waals surface area (Å²) in [5.41, 5.74) is 9.02. The summed E-state index contributed by atoms with van der Waals surface area (Å²) in [4.78, 5) is 40.5. The van der Waals surface area contributed by atoms with Gasteiger partial charge in [-0.3, -0.25) is 24.6 Å². The van der Waals surface area contributed by atoms with E-state index in [0.717, 1.165) is 37.1 Å². The van der Waals surface area contributed by atoms with Crippen LogP contribution in [-0.2, 0) is 22.7 Å². The zero-order valence-electron chi connectivity index (χ0n) is 15.6. The Morgan fingerprint density at radius 1 is 1.22 bits per heavy atom. The first-order valence-electron chi connectivity index (χ1n) is 9.70. The third-order valence-corrected chi connectivity index (χ3v) is 6.23. The molecule has 1 aromatic carbocycles. The molecule has 0 saturated carbocycles. The van der Waals surface area contributed by atoms with Crippen LogP contribution in [0, 0.1) is 0 Å². The number of hydrogen-bond donors (Lipinski definition) is 2. The molecule has 1 aromatic rings. The molecule has 0 radical (unpaired) electrons. The minimum Gasteiger partial charge on any atom is -0.326 e. The number of hydrogen-bond acceptors (Lipinski definition) is 5. The number of nitrogens with two attached hydrogens (primary N) is 1. The van der Waals surface area contributed by atoms with Gasteiger partial charge in [0.25, 0.3) is 5.91 Å². The monoisotopic (exact) mass is 370 g/mol. The summed E-state index contributed by atoms with van der Waals surface area (Å²) >= 11 is 0. The molecular formula is C20H26N4O3. The number of rotatable bonds is 3. The normalized spacial score (nSPS) is 29.0. The van der Waals surface area contributed by atoms with Gasteiger partial charge in [-0.05, 0) is 49.9 Å². The molecule has 0 aromatic heterocycles. The van der Waals surface area contributed by atoms with Crippen molar-refractivity contribution in [2.75, 3.05) is 6.54 Å². The second-order valence-electron chi connectivity index (χ2n) is 7.86. The van der Waals surface area contributed by atoms with Crippen LogP contribution in [0.2, 0.25) is 0 Å². The first-order valence-corrected chi connectivity index (χ1v) is 9.70. The van der Waals surface area contributed by atoms with Crippen LogP contribution >= 0.6 is 0 Å². The van der Waals surface area contributed by atoms with Crippen LogP contribution in [0.4, 0.5) is 0 Å². The average molecular weight is 370 g/mol. The summed E-state index contributed by atoms with van der Waals surface area (Å²) < 4.78 is 0. The molecule has 3 aliphatic heterocycles. The zero-order valence-corrected chi connectivity index (χ0v) is 15.6. The molecular weight excluding hydrogens is 344 g/mol. The van der Waals surface area contributed by atoms with Crippen LogP contribution in [0.1, 0.15) is 54.1 Å². The van der Waals surface area contributed by atoms with Gasteiger partial charge in [0.15, 0.2) is 0 Å². The predicted molar refractivity (Wildman–Crippen MR) is 99.6 cm³/mol. The molecule has 27 heavy (non-hydrogen) atoms. The fourth-order valence-electron chi connectivity index (χ4n) is 4.49. The summed E-state index contributed by atoms with van der Waals surface area (Å²) in [5, 5.41) is 2.35. The molecule has 0 spiro atoms. The Bertz CT molecular complexity index is 793. The van der Waals surface area contributed by atoms with Gasteiger partial charge in [-0.15, -0.1) is 0 Å². The third-order valence-electron chi connectivity index (χ3n) is 6.23. The molecule has 2 saturated heterocycles. The summed E-state index contributed by atoms with van der Waals surface area (Å²) in [6.45, 7) is 4.34. The Labute approximate surface area is 158 Å². The molecule has 3 aliphatic rings. The smallest absolute Gasteiger partial charge is 0.255 e. The van der Waals surface area contributed by atoms with Crippen molar-refractivity contribution < 1.29 is 14.4 Å². The molecule has 7 nitrogen and oxygen atoms in total. The van der Waals surface area contributed by atoms with E-state index in [4.69, 9.17) is 5.73 Å². The molecule has 3 atom stereocenters. The van der Waals surface area contributed by atoms with Crippen LogP contribution in [0.15, 0.2) is 18.2 Å². The maximum absolute atomic E-state index is 12.9. The number of amides is 3. The maximum Gasteiger partial charge on any atom is 0.255 e. The number of carbonyl (C=O) groups is 3. The lowest BCUT2D eigenvalue weighted by molar-refractivity contribution is -0.136. The van der Waals surface area contributed by atoms with Gasteiger partial charge in [0, 0.05) is 37.2 Å². The van der Waals surface area contributed by atoms with E-state index in [9.17, 15) is 14.4 Å².